The maximum absolute atomic E-state index is 13.0. The molecule has 0 saturated carbocycles. The molecule has 0 aliphatic rings. The lowest BCUT2D eigenvalue weighted by Gasteiger charge is -2.38. The van der Waals surface area contributed by atoms with Gasteiger partial charge in [-0.15, -0.1) is 0 Å². The molecule has 416 valence electrons. The molecule has 5 aromatic rings. The van der Waals surface area contributed by atoms with Gasteiger partial charge >= 0.3 is 36.1 Å². The lowest BCUT2D eigenvalue weighted by molar-refractivity contribution is -0.159. The second-order valence-corrected chi connectivity index (χ2v) is 19.8. The number of nitrogens with zero attached hydrogens (tertiary/aromatic N) is 2. The number of rotatable bonds is 26. The maximum Gasteiger partial charge on any atom is 0.416 e. The van der Waals surface area contributed by atoms with Crippen LogP contribution in [0.25, 0.3) is 10.8 Å². The van der Waals surface area contributed by atoms with Crippen molar-refractivity contribution >= 4 is 34.5 Å². The van der Waals surface area contributed by atoms with Crippen molar-refractivity contribution in [2.45, 2.75) is 174 Å². The van der Waals surface area contributed by atoms with Crippen LogP contribution in [0.15, 0.2) is 109 Å². The highest BCUT2D eigenvalue weighted by atomic mass is 19.4. The Balaban J connectivity index is 0.000000336. The fourth-order valence-corrected chi connectivity index (χ4v) is 8.83. The number of unbranched alkanes of at least 4 members (excludes halogenated alkanes) is 15. The molecule has 9 nitrogen and oxygen atoms in total. The third-order valence-corrected chi connectivity index (χ3v) is 13.4. The monoisotopic (exact) mass is 1070 g/mol. The van der Waals surface area contributed by atoms with E-state index >= 15 is 0 Å². The molecule has 5 rings (SSSR count). The van der Waals surface area contributed by atoms with Gasteiger partial charge in [0.2, 0.25) is 0 Å². The standard InChI is InChI=1S/C33H40F3NO4.C29H34F3NO3/c1-2-3-4-5-6-7-8-9-10-13-22-41-30-21-18-26(28-14-11-12-15-29(28)30)24-37(31(38)32(39)40)23-25-16-19-27(20-17-25)33(34,35)36;1-4-5-6-7-8-9-10-11-12-22-13-15-23(16-14-22)21-33(26(34)27(35)36)28(2,3)24-17-19-25(20-18-24)29(30,31)32/h11-12,14-21H,2-10,13,22-24H2,1H3,(H,39,40);13-20H,4-10,21H2,1-3H3,(H,35,36). The van der Waals surface area contributed by atoms with E-state index in [1.54, 1.807) is 26.0 Å². The largest absolute Gasteiger partial charge is 0.493 e. The number of alkyl halides is 6. The summed E-state index contributed by atoms with van der Waals surface area (Å²) in [5, 5.41) is 20.4. The van der Waals surface area contributed by atoms with Gasteiger partial charge in [-0.2, -0.15) is 26.3 Å². The summed E-state index contributed by atoms with van der Waals surface area (Å²) in [7, 11) is 0. The summed E-state index contributed by atoms with van der Waals surface area (Å²) in [6, 6.07) is 27.2. The van der Waals surface area contributed by atoms with Crippen molar-refractivity contribution in [2.24, 2.45) is 0 Å². The van der Waals surface area contributed by atoms with Crippen LogP contribution in [0.3, 0.4) is 0 Å². The predicted octanol–water partition coefficient (Wildman–Crippen LogP) is 15.9. The van der Waals surface area contributed by atoms with E-state index in [1.165, 1.54) is 108 Å². The van der Waals surface area contributed by atoms with Crippen molar-refractivity contribution in [3.63, 3.8) is 0 Å². The van der Waals surface area contributed by atoms with Crippen molar-refractivity contribution < 1.29 is 60.5 Å². The topological polar surface area (TPSA) is 124 Å². The van der Waals surface area contributed by atoms with Gasteiger partial charge in [-0.3, -0.25) is 9.59 Å². The van der Waals surface area contributed by atoms with Gasteiger partial charge in [0.1, 0.15) is 5.75 Å². The molecule has 77 heavy (non-hydrogen) atoms. The van der Waals surface area contributed by atoms with Crippen LogP contribution in [0.2, 0.25) is 0 Å². The first-order chi connectivity index (χ1) is 36.7. The van der Waals surface area contributed by atoms with Gasteiger partial charge in [-0.25, -0.2) is 9.59 Å². The van der Waals surface area contributed by atoms with E-state index in [-0.39, 0.29) is 19.6 Å². The molecule has 0 unspecified atom stereocenters. The number of carbonyl (C=O) groups excluding carboxylic acids is 2. The van der Waals surface area contributed by atoms with E-state index in [2.05, 4.69) is 25.7 Å². The van der Waals surface area contributed by atoms with Crippen molar-refractivity contribution in [2.75, 3.05) is 6.61 Å². The summed E-state index contributed by atoms with van der Waals surface area (Å²) in [5.41, 5.74) is 0.218. The van der Waals surface area contributed by atoms with E-state index in [0.29, 0.717) is 28.9 Å². The van der Waals surface area contributed by atoms with Crippen LogP contribution in [-0.2, 0) is 56.7 Å². The number of carboxylic acid groups (broad SMARTS) is 2. The van der Waals surface area contributed by atoms with E-state index < -0.39 is 52.8 Å². The lowest BCUT2D eigenvalue weighted by Crippen LogP contribution is -2.48. The molecule has 0 bridgehead atoms. The molecule has 0 aliphatic carbocycles. The normalized spacial score (nSPS) is 11.5. The van der Waals surface area contributed by atoms with Gasteiger partial charge in [0.05, 0.1) is 23.3 Å². The zero-order valence-electron chi connectivity index (χ0n) is 44.8. The average molecular weight is 1070 g/mol. The fourth-order valence-electron chi connectivity index (χ4n) is 8.83. The Morgan fingerprint density at radius 3 is 1.48 bits per heavy atom. The number of hydrogen-bond acceptors (Lipinski definition) is 5. The number of benzene rings is 5. The third kappa shape index (κ3) is 20.9. The highest BCUT2D eigenvalue weighted by Gasteiger charge is 2.37. The van der Waals surface area contributed by atoms with E-state index in [0.717, 1.165) is 81.8 Å². The summed E-state index contributed by atoms with van der Waals surface area (Å²) >= 11 is 0. The molecule has 0 atom stereocenters. The number of fused-ring (bicyclic) bond motifs is 1. The average Bonchev–Trinajstić information content (AvgIpc) is 3.41. The first-order valence-corrected chi connectivity index (χ1v) is 26.8. The number of aliphatic carboxylic acids is 2. The molecule has 2 amide bonds. The molecular weight excluding hydrogens is 999 g/mol. The number of carbonyl (C=O) groups is 4. The lowest BCUT2D eigenvalue weighted by atomic mass is 9.90. The molecule has 0 radical (unpaired) electrons. The maximum atomic E-state index is 13.0. The summed E-state index contributed by atoms with van der Waals surface area (Å²) in [4.78, 5) is 50.5. The van der Waals surface area contributed by atoms with Gasteiger partial charge in [-0.05, 0) is 96.8 Å². The first-order valence-electron chi connectivity index (χ1n) is 26.8. The third-order valence-electron chi connectivity index (χ3n) is 13.4. The van der Waals surface area contributed by atoms with Crippen LogP contribution in [0.1, 0.15) is 176 Å². The van der Waals surface area contributed by atoms with Crippen LogP contribution in [0.4, 0.5) is 26.3 Å². The minimum absolute atomic E-state index is 0.0224. The van der Waals surface area contributed by atoms with Gasteiger partial charge in [0.25, 0.3) is 0 Å². The molecule has 2 N–H and O–H groups in total. The smallest absolute Gasteiger partial charge is 0.416 e. The zero-order chi connectivity index (χ0) is 56.4. The number of amides is 2. The Morgan fingerprint density at radius 1 is 0.506 bits per heavy atom. The molecule has 0 spiro atoms. The molecular formula is C62H74F6N2O7. The Hall–Kier alpha value is -6.82. The Kier molecular flexibility index (Phi) is 25.6. The minimum atomic E-state index is -4.49. The Morgan fingerprint density at radius 2 is 0.961 bits per heavy atom. The van der Waals surface area contributed by atoms with Crippen LogP contribution >= 0.6 is 0 Å². The van der Waals surface area contributed by atoms with Crippen LogP contribution in [-0.4, -0.2) is 50.4 Å². The second-order valence-electron chi connectivity index (χ2n) is 19.8. The van der Waals surface area contributed by atoms with Crippen molar-refractivity contribution in [3.05, 3.63) is 148 Å². The molecule has 0 saturated heterocycles. The minimum Gasteiger partial charge on any atom is -0.493 e. The molecule has 0 fully saturated rings. The van der Waals surface area contributed by atoms with Crippen LogP contribution in [0.5, 0.6) is 5.75 Å². The van der Waals surface area contributed by atoms with E-state index in [1.807, 2.05) is 48.5 Å². The first kappa shape index (κ1) is 62.7. The van der Waals surface area contributed by atoms with Crippen LogP contribution < -0.4 is 4.74 Å². The van der Waals surface area contributed by atoms with Gasteiger partial charge in [0.15, 0.2) is 0 Å². The summed E-state index contributed by atoms with van der Waals surface area (Å²) in [5.74, 6) is 1.50. The van der Waals surface area contributed by atoms with Gasteiger partial charge < -0.3 is 24.7 Å². The second kappa shape index (κ2) is 31.4. The van der Waals surface area contributed by atoms with Gasteiger partial charge in [0, 0.05) is 37.0 Å². The Bertz CT molecular complexity index is 2690. The molecule has 0 aromatic heterocycles. The Labute approximate surface area is 450 Å². The molecule has 0 aliphatic heterocycles. The summed E-state index contributed by atoms with van der Waals surface area (Å²) in [6.45, 7) is 8.05. The molecule has 15 heteroatoms. The van der Waals surface area contributed by atoms with Gasteiger partial charge in [-0.1, -0.05) is 182 Å². The van der Waals surface area contributed by atoms with Crippen LogP contribution in [0, 0.1) is 11.8 Å². The van der Waals surface area contributed by atoms with Crippen molar-refractivity contribution in [3.8, 4) is 17.6 Å². The summed E-state index contributed by atoms with van der Waals surface area (Å²) in [6.07, 6.45) is 11.5. The number of hydrogen-bond donors (Lipinski definition) is 2. The highest BCUT2D eigenvalue weighted by molar-refractivity contribution is 6.31. The number of halogens is 6. The summed E-state index contributed by atoms with van der Waals surface area (Å²) < 4.78 is 83.8. The molecule has 0 heterocycles. The predicted molar refractivity (Wildman–Crippen MR) is 289 cm³/mol. The highest BCUT2D eigenvalue weighted by Crippen LogP contribution is 2.35. The van der Waals surface area contributed by atoms with E-state index in [9.17, 15) is 55.7 Å². The molecule has 5 aromatic carbocycles. The SMILES string of the molecule is CCCCCCCCC#Cc1ccc(CN(C(=O)C(=O)O)C(C)(C)c2ccc(C(F)(F)F)cc2)cc1.CCCCCCCCCCCCOc1ccc(CN(Cc2ccc(C(F)(F)F)cc2)C(=O)C(=O)O)c2ccccc12. The van der Waals surface area contributed by atoms with Crippen molar-refractivity contribution in [1.82, 2.24) is 9.80 Å². The quantitative estimate of drug-likeness (QED) is 0.0245. The fraction of sp³-hybridized carbons (Fsp3) is 0.452. The number of ether oxygens (including phenoxy) is 1. The zero-order valence-corrected chi connectivity index (χ0v) is 44.8. The van der Waals surface area contributed by atoms with E-state index in [4.69, 9.17) is 4.74 Å². The number of carboxylic acids is 2. The van der Waals surface area contributed by atoms with Crippen molar-refractivity contribution in [1.29, 1.82) is 0 Å².